The number of anilines is 1. The molecule has 6 nitrogen and oxygen atoms in total. The van der Waals surface area contributed by atoms with Gasteiger partial charge in [-0.05, 0) is 62.2 Å². The van der Waals surface area contributed by atoms with E-state index < -0.39 is 5.91 Å². The SMILES string of the molecule is Nc1ccc(C(=O)N/N=C\c2cc(Br)c(O)c(Br)c2O)cc1. The Morgan fingerprint density at radius 2 is 1.82 bits per heavy atom. The molecule has 0 saturated carbocycles. The van der Waals surface area contributed by atoms with Crippen LogP contribution < -0.4 is 11.2 Å². The zero-order chi connectivity index (χ0) is 16.3. The largest absolute Gasteiger partial charge is 0.506 e. The quantitative estimate of drug-likeness (QED) is 0.342. The Hall–Kier alpha value is -2.06. The summed E-state index contributed by atoms with van der Waals surface area (Å²) in [6.07, 6.45) is 1.26. The van der Waals surface area contributed by atoms with Gasteiger partial charge in [0.1, 0.15) is 16.0 Å². The molecular formula is C14H11Br2N3O3. The van der Waals surface area contributed by atoms with Gasteiger partial charge in [-0.15, -0.1) is 0 Å². The molecule has 1 amide bonds. The molecule has 22 heavy (non-hydrogen) atoms. The van der Waals surface area contributed by atoms with Gasteiger partial charge < -0.3 is 15.9 Å². The summed E-state index contributed by atoms with van der Waals surface area (Å²) >= 11 is 6.20. The lowest BCUT2D eigenvalue weighted by atomic mass is 10.2. The van der Waals surface area contributed by atoms with Crippen LogP contribution in [0.15, 0.2) is 44.4 Å². The number of nitrogens with two attached hydrogens (primary N) is 1. The van der Waals surface area contributed by atoms with Crippen LogP contribution >= 0.6 is 31.9 Å². The van der Waals surface area contributed by atoms with Crippen LogP contribution in [0.1, 0.15) is 15.9 Å². The molecule has 0 spiro atoms. The summed E-state index contributed by atoms with van der Waals surface area (Å²) in [7, 11) is 0. The Morgan fingerprint density at radius 1 is 1.18 bits per heavy atom. The van der Waals surface area contributed by atoms with E-state index in [-0.39, 0.29) is 16.0 Å². The third-order valence-electron chi connectivity index (χ3n) is 2.74. The first kappa shape index (κ1) is 16.3. The van der Waals surface area contributed by atoms with E-state index in [0.29, 0.717) is 21.3 Å². The predicted octanol–water partition coefficient (Wildman–Crippen LogP) is 2.97. The summed E-state index contributed by atoms with van der Waals surface area (Å²) in [4.78, 5) is 11.8. The highest BCUT2D eigenvalue weighted by atomic mass is 79.9. The number of nitrogens with zero attached hydrogens (tertiary/aromatic N) is 1. The monoisotopic (exact) mass is 427 g/mol. The number of rotatable bonds is 3. The van der Waals surface area contributed by atoms with Crippen molar-refractivity contribution >= 4 is 49.7 Å². The van der Waals surface area contributed by atoms with Crippen LogP contribution in [-0.2, 0) is 0 Å². The van der Waals surface area contributed by atoms with Crippen molar-refractivity contribution in [3.05, 3.63) is 50.4 Å². The van der Waals surface area contributed by atoms with E-state index in [1.165, 1.54) is 12.3 Å². The minimum Gasteiger partial charge on any atom is -0.506 e. The summed E-state index contributed by atoms with van der Waals surface area (Å²) in [5, 5.41) is 23.3. The maximum atomic E-state index is 11.8. The van der Waals surface area contributed by atoms with Crippen LogP contribution in [0.4, 0.5) is 5.69 Å². The number of phenols is 2. The van der Waals surface area contributed by atoms with Crippen molar-refractivity contribution in [1.29, 1.82) is 0 Å². The van der Waals surface area contributed by atoms with E-state index in [0.717, 1.165) is 0 Å². The molecule has 0 aliphatic carbocycles. The smallest absolute Gasteiger partial charge is 0.271 e. The van der Waals surface area contributed by atoms with Crippen LogP contribution in [0.2, 0.25) is 0 Å². The van der Waals surface area contributed by atoms with Crippen LogP contribution in [0.5, 0.6) is 11.5 Å². The molecule has 0 aliphatic heterocycles. The summed E-state index contributed by atoms with van der Waals surface area (Å²) < 4.78 is 0.511. The number of carbonyl (C=O) groups excluding carboxylic acids is 1. The number of amides is 1. The van der Waals surface area contributed by atoms with Crippen LogP contribution in [0.3, 0.4) is 0 Å². The standard InChI is InChI=1S/C14H11Br2N3O3/c15-10-5-8(12(20)11(16)13(10)21)6-18-19-14(22)7-1-3-9(17)4-2-7/h1-6,20-21H,17H2,(H,19,22)/b18-6-. The fourth-order valence-electron chi connectivity index (χ4n) is 1.57. The van der Waals surface area contributed by atoms with Gasteiger partial charge in [-0.3, -0.25) is 4.79 Å². The number of hydrogen-bond acceptors (Lipinski definition) is 5. The third-order valence-corrected chi connectivity index (χ3v) is 4.10. The van der Waals surface area contributed by atoms with Gasteiger partial charge in [-0.2, -0.15) is 5.10 Å². The molecule has 5 N–H and O–H groups in total. The fraction of sp³-hybridized carbons (Fsp3) is 0. The number of benzene rings is 2. The number of hydrogen-bond donors (Lipinski definition) is 4. The molecule has 2 aromatic carbocycles. The molecule has 0 unspecified atom stereocenters. The van der Waals surface area contributed by atoms with Crippen LogP contribution in [-0.4, -0.2) is 22.3 Å². The number of nitrogen functional groups attached to an aromatic ring is 1. The van der Waals surface area contributed by atoms with Gasteiger partial charge >= 0.3 is 0 Å². The number of nitrogens with one attached hydrogen (secondary N) is 1. The minimum atomic E-state index is -0.410. The van der Waals surface area contributed by atoms with E-state index in [1.54, 1.807) is 24.3 Å². The molecule has 2 aromatic rings. The van der Waals surface area contributed by atoms with Crippen molar-refractivity contribution in [2.75, 3.05) is 5.73 Å². The molecule has 0 bridgehead atoms. The second-order valence-electron chi connectivity index (χ2n) is 4.28. The summed E-state index contributed by atoms with van der Waals surface area (Å²) in [6, 6.07) is 7.84. The Labute approximate surface area is 142 Å². The Balaban J connectivity index is 2.13. The van der Waals surface area contributed by atoms with Gasteiger partial charge in [0.25, 0.3) is 5.91 Å². The maximum absolute atomic E-state index is 11.8. The lowest BCUT2D eigenvalue weighted by molar-refractivity contribution is 0.0955. The molecule has 0 fully saturated rings. The lowest BCUT2D eigenvalue weighted by Gasteiger charge is -2.06. The molecule has 0 aliphatic rings. The zero-order valence-electron chi connectivity index (χ0n) is 11.0. The fourth-order valence-corrected chi connectivity index (χ4v) is 2.73. The predicted molar refractivity (Wildman–Crippen MR) is 91.1 cm³/mol. The highest BCUT2D eigenvalue weighted by Crippen LogP contribution is 2.40. The summed E-state index contributed by atoms with van der Waals surface area (Å²) in [5.74, 6) is -0.723. The normalized spacial score (nSPS) is 10.8. The van der Waals surface area contributed by atoms with Gasteiger partial charge in [0.15, 0.2) is 0 Å². The van der Waals surface area contributed by atoms with Crippen molar-refractivity contribution in [2.45, 2.75) is 0 Å². The molecule has 0 saturated heterocycles. The molecule has 0 radical (unpaired) electrons. The highest BCUT2D eigenvalue weighted by molar-refractivity contribution is 9.11. The molecule has 0 heterocycles. The minimum absolute atomic E-state index is 0.124. The van der Waals surface area contributed by atoms with Gasteiger partial charge in [0.2, 0.25) is 0 Å². The van der Waals surface area contributed by atoms with Crippen LogP contribution in [0.25, 0.3) is 0 Å². The average molecular weight is 429 g/mol. The highest BCUT2D eigenvalue weighted by Gasteiger charge is 2.12. The van der Waals surface area contributed by atoms with Gasteiger partial charge in [0, 0.05) is 16.8 Å². The number of carbonyl (C=O) groups is 1. The molecular weight excluding hydrogens is 418 g/mol. The maximum Gasteiger partial charge on any atom is 0.271 e. The number of phenolic OH excluding ortho intramolecular Hbond substituents is 2. The third kappa shape index (κ3) is 3.58. The zero-order valence-corrected chi connectivity index (χ0v) is 14.2. The van der Waals surface area contributed by atoms with Gasteiger partial charge in [-0.1, -0.05) is 0 Å². The van der Waals surface area contributed by atoms with Crippen molar-refractivity contribution in [2.24, 2.45) is 5.10 Å². The second-order valence-corrected chi connectivity index (χ2v) is 5.93. The molecule has 0 aromatic heterocycles. The molecule has 0 atom stereocenters. The van der Waals surface area contributed by atoms with E-state index in [9.17, 15) is 15.0 Å². The van der Waals surface area contributed by atoms with Gasteiger partial charge in [0.05, 0.1) is 10.7 Å². The first-order valence-electron chi connectivity index (χ1n) is 5.99. The molecule has 2 rings (SSSR count). The topological polar surface area (TPSA) is 108 Å². The van der Waals surface area contributed by atoms with Crippen LogP contribution in [0, 0.1) is 0 Å². The molecule has 8 heteroatoms. The second kappa shape index (κ2) is 6.80. The van der Waals surface area contributed by atoms with Crippen molar-refractivity contribution in [3.63, 3.8) is 0 Å². The summed E-state index contributed by atoms with van der Waals surface area (Å²) in [5.41, 5.74) is 9.15. The van der Waals surface area contributed by atoms with Crippen molar-refractivity contribution < 1.29 is 15.0 Å². The van der Waals surface area contributed by atoms with Gasteiger partial charge in [-0.25, -0.2) is 5.43 Å². The number of aromatic hydroxyl groups is 2. The average Bonchev–Trinajstić information content (AvgIpc) is 2.50. The Morgan fingerprint density at radius 3 is 2.45 bits per heavy atom. The lowest BCUT2D eigenvalue weighted by Crippen LogP contribution is -2.17. The van der Waals surface area contributed by atoms with Crippen molar-refractivity contribution in [3.8, 4) is 11.5 Å². The van der Waals surface area contributed by atoms with E-state index in [4.69, 9.17) is 5.73 Å². The van der Waals surface area contributed by atoms with E-state index in [1.807, 2.05) is 0 Å². The Kier molecular flexibility index (Phi) is 5.04. The molecule has 114 valence electrons. The first-order chi connectivity index (χ1) is 10.4. The van der Waals surface area contributed by atoms with Crippen molar-refractivity contribution in [1.82, 2.24) is 5.43 Å². The first-order valence-corrected chi connectivity index (χ1v) is 7.57. The summed E-state index contributed by atoms with van der Waals surface area (Å²) in [6.45, 7) is 0. The Bertz CT molecular complexity index is 746. The number of halogens is 2. The number of hydrazone groups is 1. The van der Waals surface area contributed by atoms with E-state index >= 15 is 0 Å². The van der Waals surface area contributed by atoms with E-state index in [2.05, 4.69) is 42.4 Å².